The summed E-state index contributed by atoms with van der Waals surface area (Å²) in [6.07, 6.45) is 1.68. The van der Waals surface area contributed by atoms with Crippen LogP contribution in [-0.2, 0) is 4.79 Å². The van der Waals surface area contributed by atoms with Crippen LogP contribution in [0.2, 0.25) is 0 Å². The predicted molar refractivity (Wildman–Crippen MR) is 117 cm³/mol. The SMILES string of the molecule is CCOc1ccc(NC(=O)CC(=O)c2cccc(-c3cccnc3)c2)c(NC(=O)O)c1. The lowest BCUT2D eigenvalue weighted by molar-refractivity contribution is -0.115. The van der Waals surface area contributed by atoms with Crippen molar-refractivity contribution in [3.05, 3.63) is 72.6 Å². The highest BCUT2D eigenvalue weighted by Gasteiger charge is 2.15. The standard InChI is InChI=1S/C23H21N3O5/c1-2-31-18-8-9-19(20(12-18)26-23(29)30)25-22(28)13-21(27)16-6-3-5-15(11-16)17-7-4-10-24-14-17/h3-12,14,26H,2,13H2,1H3,(H,25,28)(H,29,30). The predicted octanol–water partition coefficient (Wildman–Crippen LogP) is 4.45. The van der Waals surface area contributed by atoms with Crippen LogP contribution >= 0.6 is 0 Å². The first-order valence-electron chi connectivity index (χ1n) is 9.56. The van der Waals surface area contributed by atoms with E-state index in [4.69, 9.17) is 9.84 Å². The first kappa shape index (κ1) is 21.5. The molecule has 0 fully saturated rings. The van der Waals surface area contributed by atoms with Crippen LogP contribution in [0.5, 0.6) is 5.75 Å². The van der Waals surface area contributed by atoms with E-state index in [1.165, 1.54) is 12.1 Å². The van der Waals surface area contributed by atoms with Gasteiger partial charge in [-0.15, -0.1) is 0 Å². The van der Waals surface area contributed by atoms with Gasteiger partial charge in [-0.1, -0.05) is 24.3 Å². The molecule has 3 aromatic rings. The summed E-state index contributed by atoms with van der Waals surface area (Å²) in [6, 6.07) is 15.2. The first-order valence-corrected chi connectivity index (χ1v) is 9.56. The Morgan fingerprint density at radius 1 is 0.968 bits per heavy atom. The molecule has 0 bridgehead atoms. The van der Waals surface area contributed by atoms with E-state index in [1.54, 1.807) is 49.6 Å². The molecule has 0 spiro atoms. The van der Waals surface area contributed by atoms with E-state index in [-0.39, 0.29) is 17.2 Å². The van der Waals surface area contributed by atoms with E-state index >= 15 is 0 Å². The number of amides is 2. The lowest BCUT2D eigenvalue weighted by atomic mass is 10.0. The quantitative estimate of drug-likeness (QED) is 0.367. The average molecular weight is 419 g/mol. The Bertz CT molecular complexity index is 1100. The zero-order valence-electron chi connectivity index (χ0n) is 16.8. The van der Waals surface area contributed by atoms with E-state index in [2.05, 4.69) is 15.6 Å². The van der Waals surface area contributed by atoms with Crippen LogP contribution in [0.3, 0.4) is 0 Å². The molecule has 0 aliphatic heterocycles. The summed E-state index contributed by atoms with van der Waals surface area (Å²) < 4.78 is 5.35. The number of ether oxygens (including phenoxy) is 1. The molecule has 2 aromatic carbocycles. The number of hydrogen-bond acceptors (Lipinski definition) is 5. The molecular formula is C23H21N3O5. The summed E-state index contributed by atoms with van der Waals surface area (Å²) in [5.41, 5.74) is 2.46. The van der Waals surface area contributed by atoms with Gasteiger partial charge >= 0.3 is 6.09 Å². The Balaban J connectivity index is 1.72. The van der Waals surface area contributed by atoms with Gasteiger partial charge in [-0.25, -0.2) is 4.79 Å². The Morgan fingerprint density at radius 2 is 1.77 bits per heavy atom. The highest BCUT2D eigenvalue weighted by atomic mass is 16.5. The molecule has 0 aliphatic carbocycles. The molecule has 0 radical (unpaired) electrons. The van der Waals surface area contributed by atoms with Crippen LogP contribution in [0.25, 0.3) is 11.1 Å². The molecule has 158 valence electrons. The number of aromatic nitrogens is 1. The minimum absolute atomic E-state index is 0.151. The minimum Gasteiger partial charge on any atom is -0.494 e. The zero-order chi connectivity index (χ0) is 22.2. The van der Waals surface area contributed by atoms with Gasteiger partial charge in [0.2, 0.25) is 5.91 Å². The summed E-state index contributed by atoms with van der Waals surface area (Å²) in [7, 11) is 0. The molecule has 0 aliphatic rings. The first-order chi connectivity index (χ1) is 15.0. The maximum absolute atomic E-state index is 12.6. The monoisotopic (exact) mass is 419 g/mol. The number of nitrogens with zero attached hydrogens (tertiary/aromatic N) is 1. The summed E-state index contributed by atoms with van der Waals surface area (Å²) in [4.78, 5) is 40.2. The van der Waals surface area contributed by atoms with Gasteiger partial charge in [0.05, 0.1) is 24.4 Å². The van der Waals surface area contributed by atoms with Crippen LogP contribution in [0.1, 0.15) is 23.7 Å². The number of rotatable bonds is 8. The number of nitrogens with one attached hydrogen (secondary N) is 2. The number of pyridine rings is 1. The topological polar surface area (TPSA) is 118 Å². The van der Waals surface area contributed by atoms with Crippen LogP contribution in [-0.4, -0.2) is 34.5 Å². The highest BCUT2D eigenvalue weighted by molar-refractivity contribution is 6.12. The van der Waals surface area contributed by atoms with Crippen molar-refractivity contribution in [3.8, 4) is 16.9 Å². The molecule has 1 heterocycles. The second kappa shape index (κ2) is 10.0. The molecule has 1 aromatic heterocycles. The highest BCUT2D eigenvalue weighted by Crippen LogP contribution is 2.28. The molecule has 0 atom stereocenters. The minimum atomic E-state index is -1.28. The molecule has 0 unspecified atom stereocenters. The number of carboxylic acid groups (broad SMARTS) is 1. The molecule has 0 saturated heterocycles. The van der Waals surface area contributed by atoms with Gasteiger partial charge in [-0.05, 0) is 36.8 Å². The maximum atomic E-state index is 12.6. The smallest absolute Gasteiger partial charge is 0.409 e. The van der Waals surface area contributed by atoms with Gasteiger partial charge in [0.25, 0.3) is 0 Å². The number of hydrogen-bond donors (Lipinski definition) is 3. The molecule has 31 heavy (non-hydrogen) atoms. The fraction of sp³-hybridized carbons (Fsp3) is 0.130. The van der Waals surface area contributed by atoms with Crippen molar-refractivity contribution in [1.29, 1.82) is 0 Å². The Morgan fingerprint density at radius 3 is 2.48 bits per heavy atom. The van der Waals surface area contributed by atoms with Crippen LogP contribution in [0.15, 0.2) is 67.0 Å². The second-order valence-corrected chi connectivity index (χ2v) is 6.54. The number of anilines is 2. The number of carbonyl (C=O) groups is 3. The van der Waals surface area contributed by atoms with E-state index in [0.29, 0.717) is 17.9 Å². The van der Waals surface area contributed by atoms with Crippen molar-refractivity contribution in [2.24, 2.45) is 0 Å². The van der Waals surface area contributed by atoms with Crippen LogP contribution in [0.4, 0.5) is 16.2 Å². The second-order valence-electron chi connectivity index (χ2n) is 6.54. The normalized spacial score (nSPS) is 10.2. The molecular weight excluding hydrogens is 398 g/mol. The van der Waals surface area contributed by atoms with Gasteiger partial charge in [0.1, 0.15) is 5.75 Å². The van der Waals surface area contributed by atoms with Crippen LogP contribution in [0, 0.1) is 0 Å². The maximum Gasteiger partial charge on any atom is 0.409 e. The summed E-state index contributed by atoms with van der Waals surface area (Å²) in [5.74, 6) is -0.469. The number of Topliss-reactive ketones (excluding diaryl/α,β-unsaturated/α-hetero) is 1. The fourth-order valence-electron chi connectivity index (χ4n) is 2.96. The van der Waals surface area contributed by atoms with E-state index in [1.807, 2.05) is 12.1 Å². The van der Waals surface area contributed by atoms with Crippen molar-refractivity contribution < 1.29 is 24.2 Å². The molecule has 0 saturated carbocycles. The summed E-state index contributed by atoms with van der Waals surface area (Å²) in [5, 5.41) is 13.8. The van der Waals surface area contributed by atoms with Gasteiger partial charge in [0.15, 0.2) is 5.78 Å². The van der Waals surface area contributed by atoms with Gasteiger partial charge in [-0.2, -0.15) is 0 Å². The third kappa shape index (κ3) is 5.89. The number of carbonyl (C=O) groups excluding carboxylic acids is 2. The summed E-state index contributed by atoms with van der Waals surface area (Å²) in [6.45, 7) is 2.21. The molecule has 8 heteroatoms. The van der Waals surface area contributed by atoms with Crippen molar-refractivity contribution in [3.63, 3.8) is 0 Å². The Labute approximate surface area is 178 Å². The van der Waals surface area contributed by atoms with E-state index < -0.39 is 18.4 Å². The summed E-state index contributed by atoms with van der Waals surface area (Å²) >= 11 is 0. The van der Waals surface area contributed by atoms with E-state index in [9.17, 15) is 14.4 Å². The molecule has 2 amide bonds. The van der Waals surface area contributed by atoms with Gasteiger partial charge < -0.3 is 15.2 Å². The van der Waals surface area contributed by atoms with Crippen LogP contribution < -0.4 is 15.4 Å². The van der Waals surface area contributed by atoms with Crippen molar-refractivity contribution >= 4 is 29.2 Å². The lowest BCUT2D eigenvalue weighted by Crippen LogP contribution is -2.18. The average Bonchev–Trinajstić information content (AvgIpc) is 2.76. The lowest BCUT2D eigenvalue weighted by Gasteiger charge is -2.13. The van der Waals surface area contributed by atoms with Gasteiger partial charge in [-0.3, -0.25) is 19.9 Å². The number of ketones is 1. The van der Waals surface area contributed by atoms with Crippen molar-refractivity contribution in [2.45, 2.75) is 13.3 Å². The van der Waals surface area contributed by atoms with Crippen molar-refractivity contribution in [2.75, 3.05) is 17.2 Å². The zero-order valence-corrected chi connectivity index (χ0v) is 16.8. The fourth-order valence-corrected chi connectivity index (χ4v) is 2.96. The molecule has 3 N–H and O–H groups in total. The Hall–Kier alpha value is -4.20. The largest absolute Gasteiger partial charge is 0.494 e. The number of benzene rings is 2. The molecule has 8 nitrogen and oxygen atoms in total. The Kier molecular flexibility index (Phi) is 6.95. The third-order valence-electron chi connectivity index (χ3n) is 4.32. The van der Waals surface area contributed by atoms with E-state index in [0.717, 1.165) is 11.1 Å². The molecule has 3 rings (SSSR count). The van der Waals surface area contributed by atoms with Crippen molar-refractivity contribution in [1.82, 2.24) is 4.98 Å². The van der Waals surface area contributed by atoms with Gasteiger partial charge in [0, 0.05) is 29.6 Å². The third-order valence-corrected chi connectivity index (χ3v) is 4.32.